The number of nitriles is 1. The summed E-state index contributed by atoms with van der Waals surface area (Å²) in [7, 11) is 1.85. The first-order valence-electron chi connectivity index (χ1n) is 15.9. The molecule has 1 aliphatic heterocycles. The van der Waals surface area contributed by atoms with E-state index < -0.39 is 23.2 Å². The number of pyridine rings is 1. The maximum Gasteiger partial charge on any atom is 0.416 e. The molecule has 3 heterocycles. The molecule has 12 heteroatoms. The third-order valence-corrected chi connectivity index (χ3v) is 9.55. The fraction of sp³-hybridized carbons (Fsp3) is 0.400. The maximum atomic E-state index is 14.5. The largest absolute Gasteiger partial charge is 0.416 e. The Balaban J connectivity index is 1.31. The van der Waals surface area contributed by atoms with Gasteiger partial charge in [-0.2, -0.15) is 18.4 Å². The molecule has 0 spiro atoms. The van der Waals surface area contributed by atoms with Gasteiger partial charge in [-0.05, 0) is 79.1 Å². The molecule has 1 amide bonds. The second-order valence-electron chi connectivity index (χ2n) is 13.1. The Morgan fingerprint density at radius 3 is 2.53 bits per heavy atom. The summed E-state index contributed by atoms with van der Waals surface area (Å²) < 4.78 is 45.2. The molecule has 0 unspecified atom stereocenters. The number of hydrogen-bond acceptors (Lipinski definition) is 7. The van der Waals surface area contributed by atoms with Crippen LogP contribution in [0.3, 0.4) is 0 Å². The molecule has 3 aliphatic rings. The predicted octanol–water partition coefficient (Wildman–Crippen LogP) is 6.92. The van der Waals surface area contributed by atoms with Gasteiger partial charge in [-0.25, -0.2) is 4.98 Å². The van der Waals surface area contributed by atoms with E-state index in [1.807, 2.05) is 38.2 Å². The molecular weight excluding hydrogens is 605 g/mol. The zero-order chi connectivity index (χ0) is 32.9. The number of fused-ring (bicyclic) bond motifs is 1. The lowest BCUT2D eigenvalue weighted by Gasteiger charge is -2.21. The third-order valence-electron chi connectivity index (χ3n) is 9.55. The lowest BCUT2D eigenvalue weighted by Crippen LogP contribution is -2.26. The van der Waals surface area contributed by atoms with Crippen LogP contribution in [-0.4, -0.2) is 37.2 Å². The van der Waals surface area contributed by atoms with Gasteiger partial charge in [0.1, 0.15) is 18.0 Å². The molecule has 0 atom stereocenters. The number of amides is 1. The van der Waals surface area contributed by atoms with Gasteiger partial charge in [0.05, 0.1) is 30.1 Å². The summed E-state index contributed by atoms with van der Waals surface area (Å²) >= 11 is 0. The van der Waals surface area contributed by atoms with E-state index in [-0.39, 0.29) is 42.5 Å². The van der Waals surface area contributed by atoms with Gasteiger partial charge in [0.2, 0.25) is 0 Å². The van der Waals surface area contributed by atoms with Crippen molar-refractivity contribution < 1.29 is 18.0 Å². The SMILES string of the molecule is Cc1ccc(-c2nncn2C)c(-c2cc(NC3(CC#N)CC3)nc(N3Cc4c(cc(CNC5CCCC5)cc4C(F)(F)F)C3=O)c2)c1. The van der Waals surface area contributed by atoms with Gasteiger partial charge in [0, 0.05) is 30.8 Å². The van der Waals surface area contributed by atoms with Crippen molar-refractivity contribution in [2.45, 2.75) is 82.7 Å². The van der Waals surface area contributed by atoms with Crippen LogP contribution in [0.5, 0.6) is 0 Å². The van der Waals surface area contributed by atoms with Crippen LogP contribution in [0.4, 0.5) is 24.8 Å². The first kappa shape index (κ1) is 30.9. The molecule has 0 saturated heterocycles. The van der Waals surface area contributed by atoms with Crippen LogP contribution in [0.1, 0.15) is 77.6 Å². The minimum Gasteiger partial charge on any atom is -0.364 e. The number of benzene rings is 2. The number of hydrogen-bond donors (Lipinski definition) is 2. The average Bonchev–Trinajstić information content (AvgIpc) is 3.36. The summed E-state index contributed by atoms with van der Waals surface area (Å²) in [5, 5.41) is 24.6. The van der Waals surface area contributed by atoms with Gasteiger partial charge in [0.15, 0.2) is 5.82 Å². The Kier molecular flexibility index (Phi) is 7.75. The molecule has 2 N–H and O–H groups in total. The van der Waals surface area contributed by atoms with Crippen molar-refractivity contribution in [3.8, 4) is 28.6 Å². The molecule has 2 aliphatic carbocycles. The highest BCUT2D eigenvalue weighted by Crippen LogP contribution is 2.44. The van der Waals surface area contributed by atoms with Crippen LogP contribution in [0.25, 0.3) is 22.5 Å². The molecule has 2 saturated carbocycles. The zero-order valence-electron chi connectivity index (χ0n) is 26.3. The number of halogens is 3. The summed E-state index contributed by atoms with van der Waals surface area (Å²) in [6, 6.07) is 14.8. The molecule has 2 fully saturated rings. The molecule has 9 nitrogen and oxygen atoms in total. The van der Waals surface area contributed by atoms with E-state index in [9.17, 15) is 23.2 Å². The summed E-state index contributed by atoms with van der Waals surface area (Å²) in [4.78, 5) is 20.1. The van der Waals surface area contributed by atoms with Crippen molar-refractivity contribution in [1.82, 2.24) is 25.1 Å². The van der Waals surface area contributed by atoms with Gasteiger partial charge >= 0.3 is 6.18 Å². The number of nitrogens with one attached hydrogen (secondary N) is 2. The van der Waals surface area contributed by atoms with Gasteiger partial charge in [0.25, 0.3) is 5.91 Å². The van der Waals surface area contributed by atoms with E-state index in [0.717, 1.165) is 55.2 Å². The zero-order valence-corrected chi connectivity index (χ0v) is 26.3. The van der Waals surface area contributed by atoms with E-state index in [2.05, 4.69) is 26.9 Å². The third kappa shape index (κ3) is 6.07. The van der Waals surface area contributed by atoms with Crippen LogP contribution in [0.15, 0.2) is 48.8 Å². The average molecular weight is 641 g/mol. The minimum absolute atomic E-state index is 0.0447. The lowest BCUT2D eigenvalue weighted by molar-refractivity contribution is -0.138. The van der Waals surface area contributed by atoms with Crippen LogP contribution >= 0.6 is 0 Å². The van der Waals surface area contributed by atoms with Crippen molar-refractivity contribution in [2.24, 2.45) is 7.05 Å². The molecule has 2 aromatic heterocycles. The highest BCUT2D eigenvalue weighted by atomic mass is 19.4. The number of anilines is 2. The monoisotopic (exact) mass is 640 g/mol. The van der Waals surface area contributed by atoms with Gasteiger partial charge in [-0.1, -0.05) is 36.6 Å². The standard InChI is InChI=1S/C35H35F3N8O/c1-21-7-8-25(32-44-41-20-45(32)2)26(13-21)23-16-30(43-34(9-10-34)11-12-39)42-31(17-23)46-19-28-27(33(46)47)14-22(15-29(28)35(36,37)38)18-40-24-5-3-4-6-24/h7-8,13-17,20,24,40H,3-6,9-11,18-19H2,1-2H3,(H,42,43). The number of nitrogens with zero attached hydrogens (tertiary/aromatic N) is 6. The fourth-order valence-electron chi connectivity index (χ4n) is 6.81. The predicted molar refractivity (Wildman–Crippen MR) is 171 cm³/mol. The number of aromatic nitrogens is 4. The Labute approximate surface area is 270 Å². The van der Waals surface area contributed by atoms with Crippen LogP contribution < -0.4 is 15.5 Å². The maximum absolute atomic E-state index is 14.5. The molecule has 0 bridgehead atoms. The normalized spacial score (nSPS) is 17.2. The molecule has 2 aromatic carbocycles. The first-order chi connectivity index (χ1) is 22.5. The summed E-state index contributed by atoms with van der Waals surface area (Å²) in [6.45, 7) is 1.97. The van der Waals surface area contributed by atoms with Crippen LogP contribution in [0, 0.1) is 18.3 Å². The molecule has 0 radical (unpaired) electrons. The Bertz CT molecular complexity index is 1900. The number of carbonyl (C=O) groups excluding carboxylic acids is 1. The molecule has 4 aromatic rings. The van der Waals surface area contributed by atoms with E-state index in [1.54, 1.807) is 23.0 Å². The summed E-state index contributed by atoms with van der Waals surface area (Å²) in [6.07, 6.45) is 3.04. The van der Waals surface area contributed by atoms with E-state index >= 15 is 0 Å². The highest BCUT2D eigenvalue weighted by molar-refractivity contribution is 6.10. The quantitative estimate of drug-likeness (QED) is 0.204. The molecular formula is C35H35F3N8O. The van der Waals surface area contributed by atoms with Crippen LogP contribution in [0.2, 0.25) is 0 Å². The lowest BCUT2D eigenvalue weighted by atomic mass is 9.97. The molecule has 47 heavy (non-hydrogen) atoms. The number of rotatable bonds is 9. The Morgan fingerprint density at radius 1 is 1.06 bits per heavy atom. The van der Waals surface area contributed by atoms with Gasteiger partial charge in [-0.3, -0.25) is 9.69 Å². The van der Waals surface area contributed by atoms with Crippen molar-refractivity contribution in [3.63, 3.8) is 0 Å². The molecule has 242 valence electrons. The van der Waals surface area contributed by atoms with Crippen molar-refractivity contribution in [3.05, 3.63) is 76.6 Å². The van der Waals surface area contributed by atoms with Crippen molar-refractivity contribution >= 4 is 17.5 Å². The van der Waals surface area contributed by atoms with E-state index in [0.29, 0.717) is 22.8 Å². The second kappa shape index (κ2) is 11.8. The summed E-state index contributed by atoms with van der Waals surface area (Å²) in [5.74, 6) is 0.772. The smallest absolute Gasteiger partial charge is 0.364 e. The van der Waals surface area contributed by atoms with Gasteiger partial charge < -0.3 is 15.2 Å². The van der Waals surface area contributed by atoms with Crippen molar-refractivity contribution in [2.75, 3.05) is 10.2 Å². The van der Waals surface area contributed by atoms with E-state index in [1.165, 1.54) is 11.0 Å². The van der Waals surface area contributed by atoms with Crippen molar-refractivity contribution in [1.29, 1.82) is 5.26 Å². The first-order valence-corrected chi connectivity index (χ1v) is 15.9. The Morgan fingerprint density at radius 2 is 1.85 bits per heavy atom. The fourth-order valence-corrected chi connectivity index (χ4v) is 6.81. The number of alkyl halides is 3. The highest BCUT2D eigenvalue weighted by Gasteiger charge is 2.44. The van der Waals surface area contributed by atoms with E-state index in [4.69, 9.17) is 4.98 Å². The number of aryl methyl sites for hydroxylation is 2. The Hall–Kier alpha value is -4.76. The topological polar surface area (TPSA) is 112 Å². The van der Waals surface area contributed by atoms with Gasteiger partial charge in [-0.15, -0.1) is 10.2 Å². The summed E-state index contributed by atoms with van der Waals surface area (Å²) in [5.41, 5.74) is 2.49. The second-order valence-corrected chi connectivity index (χ2v) is 13.1. The molecule has 7 rings (SSSR count). The van der Waals surface area contributed by atoms with Crippen LogP contribution in [-0.2, 0) is 26.3 Å². The number of carbonyl (C=O) groups is 1. The minimum atomic E-state index is -4.63.